The normalized spacial score (nSPS) is 15.1. The van der Waals surface area contributed by atoms with Gasteiger partial charge in [-0.2, -0.15) is 0 Å². The maximum atomic E-state index is 12.2. The van der Waals surface area contributed by atoms with Crippen LogP contribution in [0.15, 0.2) is 22.8 Å². The molecule has 0 radical (unpaired) electrons. The number of carbonyl (C=O) groups is 1. The van der Waals surface area contributed by atoms with E-state index in [4.69, 9.17) is 4.42 Å². The largest absolute Gasteiger partial charge is 0.464 e. The van der Waals surface area contributed by atoms with E-state index in [-0.39, 0.29) is 18.3 Å². The molecule has 0 aliphatic carbocycles. The second-order valence-corrected chi connectivity index (χ2v) is 6.62. The lowest BCUT2D eigenvalue weighted by Gasteiger charge is -2.27. The molecule has 0 bridgehead atoms. The van der Waals surface area contributed by atoms with Crippen molar-refractivity contribution < 1.29 is 9.21 Å². The summed E-state index contributed by atoms with van der Waals surface area (Å²) in [5.41, 5.74) is 4.22. The van der Waals surface area contributed by atoms with Gasteiger partial charge in [0.15, 0.2) is 0 Å². The molecule has 1 aromatic carbocycles. The van der Waals surface area contributed by atoms with Gasteiger partial charge in [0.25, 0.3) is 0 Å². The molecule has 0 atom stereocenters. The molecule has 1 fully saturated rings. The molecule has 1 aromatic heterocycles. The summed E-state index contributed by atoms with van der Waals surface area (Å²) < 4.78 is 5.67. The van der Waals surface area contributed by atoms with Gasteiger partial charge in [0.05, 0.1) is 12.7 Å². The number of piperazine rings is 1. The quantitative estimate of drug-likeness (QED) is 0.772. The lowest BCUT2D eigenvalue weighted by atomic mass is 10.0. The molecule has 6 heteroatoms. The minimum absolute atomic E-state index is 0. The van der Waals surface area contributed by atoms with E-state index < -0.39 is 0 Å². The Balaban J connectivity index is 0.00000225. The fourth-order valence-corrected chi connectivity index (χ4v) is 3.23. The van der Waals surface area contributed by atoms with Crippen molar-refractivity contribution in [3.05, 3.63) is 35.1 Å². The first kappa shape index (κ1) is 19.8. The van der Waals surface area contributed by atoms with Crippen LogP contribution in [0.25, 0.3) is 11.0 Å². The third-order valence-electron chi connectivity index (χ3n) is 4.88. The maximum absolute atomic E-state index is 12.2. The van der Waals surface area contributed by atoms with Crippen LogP contribution in [0.5, 0.6) is 0 Å². The number of aryl methyl sites for hydroxylation is 2. The van der Waals surface area contributed by atoms with Gasteiger partial charge >= 0.3 is 0 Å². The minimum Gasteiger partial charge on any atom is -0.464 e. The van der Waals surface area contributed by atoms with Crippen molar-refractivity contribution in [3.63, 3.8) is 0 Å². The molecule has 138 valence electrons. The van der Waals surface area contributed by atoms with Gasteiger partial charge in [-0.3, -0.25) is 4.79 Å². The Morgan fingerprint density at radius 3 is 2.80 bits per heavy atom. The van der Waals surface area contributed by atoms with Crippen molar-refractivity contribution in [2.24, 2.45) is 0 Å². The van der Waals surface area contributed by atoms with Crippen LogP contribution < -0.4 is 10.6 Å². The predicted octanol–water partition coefficient (Wildman–Crippen LogP) is 2.43. The number of furan rings is 1. The number of fused-ring (bicyclic) bond motifs is 1. The molecular weight excluding hydrogens is 338 g/mol. The molecule has 2 heterocycles. The van der Waals surface area contributed by atoms with Crippen molar-refractivity contribution in [2.75, 3.05) is 39.3 Å². The predicted molar refractivity (Wildman–Crippen MR) is 104 cm³/mol. The van der Waals surface area contributed by atoms with Gasteiger partial charge in [0, 0.05) is 43.7 Å². The molecule has 0 spiro atoms. The van der Waals surface area contributed by atoms with Crippen LogP contribution in [-0.4, -0.2) is 50.1 Å². The average Bonchev–Trinajstić information content (AvgIpc) is 2.99. The van der Waals surface area contributed by atoms with E-state index in [0.717, 1.165) is 67.8 Å². The van der Waals surface area contributed by atoms with Crippen molar-refractivity contribution >= 4 is 29.3 Å². The maximum Gasteiger partial charge on any atom is 0.224 e. The Morgan fingerprint density at radius 2 is 2.04 bits per heavy atom. The van der Waals surface area contributed by atoms with E-state index in [1.165, 1.54) is 5.56 Å². The third-order valence-corrected chi connectivity index (χ3v) is 4.88. The van der Waals surface area contributed by atoms with Crippen LogP contribution in [0.3, 0.4) is 0 Å². The molecule has 1 aliphatic rings. The van der Waals surface area contributed by atoms with E-state index in [0.29, 0.717) is 6.42 Å². The van der Waals surface area contributed by atoms with E-state index in [2.05, 4.69) is 35.4 Å². The molecule has 1 aliphatic heterocycles. The first-order chi connectivity index (χ1) is 11.6. The third kappa shape index (κ3) is 4.97. The first-order valence-corrected chi connectivity index (χ1v) is 8.81. The lowest BCUT2D eigenvalue weighted by Crippen LogP contribution is -2.44. The molecule has 2 N–H and O–H groups in total. The summed E-state index contributed by atoms with van der Waals surface area (Å²) in [5, 5.41) is 7.43. The van der Waals surface area contributed by atoms with Gasteiger partial charge in [-0.05, 0) is 37.9 Å². The molecule has 0 saturated carbocycles. The Hall–Kier alpha value is -1.56. The summed E-state index contributed by atoms with van der Waals surface area (Å²) in [6.45, 7) is 10.3. The molecule has 0 unspecified atom stereocenters. The Morgan fingerprint density at radius 1 is 1.28 bits per heavy atom. The zero-order valence-electron chi connectivity index (χ0n) is 15.1. The van der Waals surface area contributed by atoms with E-state index in [9.17, 15) is 4.79 Å². The summed E-state index contributed by atoms with van der Waals surface area (Å²) in [6.07, 6.45) is 3.09. The van der Waals surface area contributed by atoms with Gasteiger partial charge in [-0.25, -0.2) is 0 Å². The highest BCUT2D eigenvalue weighted by molar-refractivity contribution is 5.89. The topological polar surface area (TPSA) is 57.5 Å². The van der Waals surface area contributed by atoms with Crippen LogP contribution in [0.2, 0.25) is 0 Å². The number of nitrogens with one attached hydrogen (secondary N) is 2. The standard InChI is InChI=1S/C19H27N3O2.ClH/c1-14-4-5-17-16(13-24-19(17)15(14)2)12-18(23)21-6-3-9-22-10-7-20-8-11-22;/h4-5,13,20H,3,6-12H2,1-2H3,(H,21,23);1H. The zero-order valence-corrected chi connectivity index (χ0v) is 15.9. The number of amides is 1. The van der Waals surface area contributed by atoms with E-state index >= 15 is 0 Å². The number of carbonyl (C=O) groups excluding carboxylic acids is 1. The van der Waals surface area contributed by atoms with Crippen LogP contribution in [-0.2, 0) is 11.2 Å². The van der Waals surface area contributed by atoms with E-state index in [1.54, 1.807) is 6.26 Å². The van der Waals surface area contributed by atoms with Crippen LogP contribution in [0, 0.1) is 13.8 Å². The van der Waals surface area contributed by atoms with Gasteiger partial charge in [0.2, 0.25) is 5.91 Å². The monoisotopic (exact) mass is 365 g/mol. The van der Waals surface area contributed by atoms with Gasteiger partial charge in [-0.15, -0.1) is 12.4 Å². The van der Waals surface area contributed by atoms with Crippen LogP contribution in [0.1, 0.15) is 23.1 Å². The van der Waals surface area contributed by atoms with Crippen molar-refractivity contribution in [3.8, 4) is 0 Å². The molecular formula is C19H28ClN3O2. The van der Waals surface area contributed by atoms with Crippen molar-refractivity contribution in [1.29, 1.82) is 0 Å². The average molecular weight is 366 g/mol. The van der Waals surface area contributed by atoms with Crippen LogP contribution >= 0.6 is 12.4 Å². The summed E-state index contributed by atoms with van der Waals surface area (Å²) >= 11 is 0. The number of benzene rings is 1. The smallest absolute Gasteiger partial charge is 0.224 e. The summed E-state index contributed by atoms with van der Waals surface area (Å²) in [6, 6.07) is 4.14. The molecule has 1 amide bonds. The number of hydrogen-bond acceptors (Lipinski definition) is 4. The molecule has 5 nitrogen and oxygen atoms in total. The molecule has 25 heavy (non-hydrogen) atoms. The lowest BCUT2D eigenvalue weighted by molar-refractivity contribution is -0.120. The second kappa shape index (κ2) is 9.22. The SMILES string of the molecule is Cc1ccc2c(CC(=O)NCCCN3CCNCC3)coc2c1C.Cl. The fourth-order valence-electron chi connectivity index (χ4n) is 3.23. The highest BCUT2D eigenvalue weighted by atomic mass is 35.5. The highest BCUT2D eigenvalue weighted by Crippen LogP contribution is 2.26. The molecule has 3 rings (SSSR count). The fraction of sp³-hybridized carbons (Fsp3) is 0.526. The molecule has 1 saturated heterocycles. The number of halogens is 1. The van der Waals surface area contributed by atoms with Gasteiger partial charge in [-0.1, -0.05) is 12.1 Å². The summed E-state index contributed by atoms with van der Waals surface area (Å²) in [7, 11) is 0. The van der Waals surface area contributed by atoms with Crippen LogP contribution in [0.4, 0.5) is 0 Å². The van der Waals surface area contributed by atoms with Gasteiger partial charge < -0.3 is 20.0 Å². The zero-order chi connectivity index (χ0) is 16.9. The number of nitrogens with zero attached hydrogens (tertiary/aromatic N) is 1. The number of hydrogen-bond donors (Lipinski definition) is 2. The first-order valence-electron chi connectivity index (χ1n) is 8.81. The highest BCUT2D eigenvalue weighted by Gasteiger charge is 2.13. The second-order valence-electron chi connectivity index (χ2n) is 6.62. The van der Waals surface area contributed by atoms with Crippen molar-refractivity contribution in [2.45, 2.75) is 26.7 Å². The van der Waals surface area contributed by atoms with Crippen molar-refractivity contribution in [1.82, 2.24) is 15.5 Å². The van der Waals surface area contributed by atoms with Gasteiger partial charge in [0.1, 0.15) is 5.58 Å². The molecule has 2 aromatic rings. The Bertz CT molecular complexity index is 708. The summed E-state index contributed by atoms with van der Waals surface area (Å²) in [4.78, 5) is 14.6. The Labute approximate surface area is 155 Å². The Kier molecular flexibility index (Phi) is 7.29. The van der Waals surface area contributed by atoms with E-state index in [1.807, 2.05) is 6.07 Å². The minimum atomic E-state index is 0. The number of rotatable bonds is 6. The summed E-state index contributed by atoms with van der Waals surface area (Å²) in [5.74, 6) is 0.0660.